The Morgan fingerprint density at radius 2 is 2.35 bits per heavy atom. The van der Waals surface area contributed by atoms with Crippen molar-refractivity contribution in [3.63, 3.8) is 0 Å². The van der Waals surface area contributed by atoms with Gasteiger partial charge in [0.25, 0.3) is 0 Å². The van der Waals surface area contributed by atoms with Crippen molar-refractivity contribution in [1.82, 2.24) is 14.5 Å². The van der Waals surface area contributed by atoms with Crippen molar-refractivity contribution in [2.45, 2.75) is 30.3 Å². The summed E-state index contributed by atoms with van der Waals surface area (Å²) in [5.74, 6) is -0.807. The standard InChI is InChI=1S/C13H17N3O2S2/c1-9(19-2)4-6-16-11-3-5-14-7-10(11)15-13(16)20-8-12(17)18/h3,5,7,9H,4,6,8H2,1-2H3,(H,17,18). The van der Waals surface area contributed by atoms with E-state index in [1.165, 1.54) is 11.8 Å². The number of nitrogens with zero attached hydrogens (tertiary/aromatic N) is 3. The molecule has 2 aromatic rings. The lowest BCUT2D eigenvalue weighted by molar-refractivity contribution is -0.133. The maximum atomic E-state index is 10.7. The van der Waals surface area contributed by atoms with Crippen LogP contribution in [-0.2, 0) is 11.3 Å². The van der Waals surface area contributed by atoms with Crippen LogP contribution in [0.5, 0.6) is 0 Å². The fourth-order valence-electron chi connectivity index (χ4n) is 1.84. The van der Waals surface area contributed by atoms with E-state index in [9.17, 15) is 4.79 Å². The molecule has 0 bridgehead atoms. The van der Waals surface area contributed by atoms with E-state index in [0.29, 0.717) is 5.25 Å². The molecule has 108 valence electrons. The minimum Gasteiger partial charge on any atom is -0.481 e. The Balaban J connectivity index is 2.26. The molecule has 2 heterocycles. The third kappa shape index (κ3) is 3.67. The van der Waals surface area contributed by atoms with E-state index in [2.05, 4.69) is 27.7 Å². The van der Waals surface area contributed by atoms with Crippen molar-refractivity contribution in [2.75, 3.05) is 12.0 Å². The number of aliphatic carboxylic acids is 1. The van der Waals surface area contributed by atoms with Crippen molar-refractivity contribution in [1.29, 1.82) is 0 Å². The molecule has 0 fully saturated rings. The van der Waals surface area contributed by atoms with Crippen LogP contribution in [0.25, 0.3) is 11.0 Å². The summed E-state index contributed by atoms with van der Waals surface area (Å²) >= 11 is 3.09. The van der Waals surface area contributed by atoms with Gasteiger partial charge in [0.1, 0.15) is 5.52 Å². The minimum atomic E-state index is -0.829. The van der Waals surface area contributed by atoms with Gasteiger partial charge in [-0.2, -0.15) is 11.8 Å². The second-order valence-electron chi connectivity index (χ2n) is 4.43. The van der Waals surface area contributed by atoms with Gasteiger partial charge in [-0.1, -0.05) is 18.7 Å². The first kappa shape index (κ1) is 15.2. The lowest BCUT2D eigenvalue weighted by Gasteiger charge is -2.11. The number of fused-ring (bicyclic) bond motifs is 1. The van der Waals surface area contributed by atoms with Crippen LogP contribution in [-0.4, -0.2) is 42.9 Å². The first-order chi connectivity index (χ1) is 9.61. The highest BCUT2D eigenvalue weighted by atomic mass is 32.2. The largest absolute Gasteiger partial charge is 0.481 e. The second kappa shape index (κ2) is 6.99. The van der Waals surface area contributed by atoms with Gasteiger partial charge in [0.15, 0.2) is 5.16 Å². The lowest BCUT2D eigenvalue weighted by atomic mass is 10.3. The first-order valence-corrected chi connectivity index (χ1v) is 8.56. The number of hydrogen-bond acceptors (Lipinski definition) is 5. The van der Waals surface area contributed by atoms with Crippen LogP contribution in [0.2, 0.25) is 0 Å². The quantitative estimate of drug-likeness (QED) is 0.793. The van der Waals surface area contributed by atoms with Gasteiger partial charge in [-0.15, -0.1) is 0 Å². The highest BCUT2D eigenvalue weighted by Crippen LogP contribution is 2.24. The molecule has 1 atom stereocenters. The van der Waals surface area contributed by atoms with Gasteiger partial charge in [-0.25, -0.2) is 4.98 Å². The van der Waals surface area contributed by atoms with E-state index in [-0.39, 0.29) is 5.75 Å². The number of carbonyl (C=O) groups is 1. The number of imidazole rings is 1. The van der Waals surface area contributed by atoms with Gasteiger partial charge < -0.3 is 9.67 Å². The summed E-state index contributed by atoms with van der Waals surface area (Å²) in [5, 5.41) is 10.1. The number of hydrogen-bond donors (Lipinski definition) is 1. The highest BCUT2D eigenvalue weighted by molar-refractivity contribution is 7.99. The molecule has 2 rings (SSSR count). The Labute approximate surface area is 126 Å². The summed E-state index contributed by atoms with van der Waals surface area (Å²) in [6.45, 7) is 3.03. The van der Waals surface area contributed by atoms with Crippen molar-refractivity contribution in [2.24, 2.45) is 0 Å². The van der Waals surface area contributed by atoms with Crippen molar-refractivity contribution in [3.8, 4) is 0 Å². The average Bonchev–Trinajstić information content (AvgIpc) is 2.80. The molecule has 1 unspecified atom stereocenters. The number of aryl methyl sites for hydroxylation is 1. The molecule has 2 aromatic heterocycles. The molecule has 0 spiro atoms. The SMILES string of the molecule is CSC(C)CCn1c(SCC(=O)O)nc2cnccc21. The Kier molecular flexibility index (Phi) is 5.31. The molecule has 0 amide bonds. The summed E-state index contributed by atoms with van der Waals surface area (Å²) in [4.78, 5) is 19.3. The summed E-state index contributed by atoms with van der Waals surface area (Å²) in [7, 11) is 0. The molecule has 0 aliphatic carbocycles. The molecular formula is C13H17N3O2S2. The van der Waals surface area contributed by atoms with E-state index in [1.807, 2.05) is 17.8 Å². The number of rotatable bonds is 7. The number of carboxylic acid groups (broad SMARTS) is 1. The summed E-state index contributed by atoms with van der Waals surface area (Å²) in [6.07, 6.45) is 6.58. The van der Waals surface area contributed by atoms with E-state index >= 15 is 0 Å². The van der Waals surface area contributed by atoms with Gasteiger partial charge in [0, 0.05) is 18.0 Å². The van der Waals surface area contributed by atoms with Crippen LogP contribution in [0.15, 0.2) is 23.6 Å². The Morgan fingerprint density at radius 1 is 1.55 bits per heavy atom. The first-order valence-electron chi connectivity index (χ1n) is 6.29. The molecule has 0 aliphatic heterocycles. The van der Waals surface area contributed by atoms with E-state index in [1.54, 1.807) is 12.4 Å². The van der Waals surface area contributed by atoms with Gasteiger partial charge in [0.2, 0.25) is 0 Å². The van der Waals surface area contributed by atoms with E-state index < -0.39 is 5.97 Å². The molecule has 0 saturated heterocycles. The summed E-state index contributed by atoms with van der Waals surface area (Å²) < 4.78 is 2.09. The fraction of sp³-hybridized carbons (Fsp3) is 0.462. The monoisotopic (exact) mass is 311 g/mol. The minimum absolute atomic E-state index is 0.0227. The van der Waals surface area contributed by atoms with Gasteiger partial charge in [-0.3, -0.25) is 9.78 Å². The normalized spacial score (nSPS) is 12.7. The zero-order chi connectivity index (χ0) is 14.5. The van der Waals surface area contributed by atoms with Crippen LogP contribution in [0.1, 0.15) is 13.3 Å². The average molecular weight is 311 g/mol. The fourth-order valence-corrected chi connectivity index (χ4v) is 2.94. The molecule has 20 heavy (non-hydrogen) atoms. The van der Waals surface area contributed by atoms with Crippen LogP contribution in [0.3, 0.4) is 0 Å². The Hall–Kier alpha value is -1.21. The third-order valence-corrected chi connectivity index (χ3v) is 5.00. The number of pyridine rings is 1. The van der Waals surface area contributed by atoms with E-state index in [0.717, 1.165) is 29.2 Å². The zero-order valence-electron chi connectivity index (χ0n) is 11.4. The maximum absolute atomic E-state index is 10.7. The van der Waals surface area contributed by atoms with Gasteiger partial charge in [0.05, 0.1) is 17.5 Å². The lowest BCUT2D eigenvalue weighted by Crippen LogP contribution is -2.07. The summed E-state index contributed by atoms with van der Waals surface area (Å²) in [6, 6.07) is 1.93. The number of aromatic nitrogens is 3. The third-order valence-electron chi connectivity index (χ3n) is 3.00. The summed E-state index contributed by atoms with van der Waals surface area (Å²) in [5.41, 5.74) is 1.83. The zero-order valence-corrected chi connectivity index (χ0v) is 13.1. The molecule has 7 heteroatoms. The second-order valence-corrected chi connectivity index (χ2v) is 6.65. The van der Waals surface area contributed by atoms with Crippen LogP contribution >= 0.6 is 23.5 Å². The predicted octanol–water partition coefficient (Wildman–Crippen LogP) is 2.75. The maximum Gasteiger partial charge on any atom is 0.313 e. The van der Waals surface area contributed by atoms with Crippen LogP contribution in [0, 0.1) is 0 Å². The van der Waals surface area contributed by atoms with Crippen LogP contribution < -0.4 is 0 Å². The molecule has 0 radical (unpaired) electrons. The number of carboxylic acids is 1. The Morgan fingerprint density at radius 3 is 3.05 bits per heavy atom. The smallest absolute Gasteiger partial charge is 0.313 e. The topological polar surface area (TPSA) is 68.0 Å². The molecule has 0 saturated carbocycles. The van der Waals surface area contributed by atoms with Gasteiger partial charge >= 0.3 is 5.97 Å². The van der Waals surface area contributed by atoms with E-state index in [4.69, 9.17) is 5.11 Å². The molecule has 0 aliphatic rings. The van der Waals surface area contributed by atoms with Crippen molar-refractivity contribution in [3.05, 3.63) is 18.5 Å². The predicted molar refractivity (Wildman–Crippen MR) is 83.5 cm³/mol. The van der Waals surface area contributed by atoms with Crippen molar-refractivity contribution >= 4 is 40.5 Å². The number of thioether (sulfide) groups is 2. The molecule has 5 nitrogen and oxygen atoms in total. The highest BCUT2D eigenvalue weighted by Gasteiger charge is 2.13. The van der Waals surface area contributed by atoms with Gasteiger partial charge in [-0.05, 0) is 18.7 Å². The van der Waals surface area contributed by atoms with Crippen molar-refractivity contribution < 1.29 is 9.90 Å². The molecule has 0 aromatic carbocycles. The molecule has 1 N–H and O–H groups in total. The Bertz CT molecular complexity index is 600. The molecular weight excluding hydrogens is 294 g/mol. The van der Waals surface area contributed by atoms with Crippen LogP contribution in [0.4, 0.5) is 0 Å².